The highest BCUT2D eigenvalue weighted by Crippen LogP contribution is 2.38. The van der Waals surface area contributed by atoms with Gasteiger partial charge in [0.25, 0.3) is 0 Å². The Morgan fingerprint density at radius 1 is 1.00 bits per heavy atom. The van der Waals surface area contributed by atoms with E-state index < -0.39 is 0 Å². The molecule has 0 spiro atoms. The quantitative estimate of drug-likeness (QED) is 0.392. The topological polar surface area (TPSA) is 74.6 Å². The molecule has 2 aromatic carbocycles. The number of phenolic OH excluding ortho intramolecular Hbond substituents is 2. The van der Waals surface area contributed by atoms with Crippen LogP contribution in [0.2, 0.25) is 10.0 Å². The SMILES string of the molecule is CC(=O)c1c(O)c(Cl)cc(Br)c1Cl.CC(=O)c1cc(Br)ccc1O. The molecule has 0 radical (unpaired) electrons. The van der Waals surface area contributed by atoms with Crippen molar-refractivity contribution in [3.63, 3.8) is 0 Å². The minimum atomic E-state index is -0.328. The summed E-state index contributed by atoms with van der Waals surface area (Å²) >= 11 is 17.7. The van der Waals surface area contributed by atoms with Gasteiger partial charge >= 0.3 is 0 Å². The van der Waals surface area contributed by atoms with Gasteiger partial charge in [0.1, 0.15) is 11.5 Å². The summed E-state index contributed by atoms with van der Waals surface area (Å²) < 4.78 is 1.28. The number of carbonyl (C=O) groups excluding carboxylic acids is 2. The van der Waals surface area contributed by atoms with Crippen LogP contribution < -0.4 is 0 Å². The summed E-state index contributed by atoms with van der Waals surface area (Å²) in [4.78, 5) is 21.9. The molecule has 2 N–H and O–H groups in total. The number of ketones is 2. The van der Waals surface area contributed by atoms with Crippen LogP contribution in [0.15, 0.2) is 33.2 Å². The number of rotatable bonds is 2. The van der Waals surface area contributed by atoms with E-state index in [0.717, 1.165) is 4.47 Å². The van der Waals surface area contributed by atoms with Gasteiger partial charge < -0.3 is 10.2 Å². The van der Waals surface area contributed by atoms with Crippen molar-refractivity contribution in [3.8, 4) is 11.5 Å². The van der Waals surface area contributed by atoms with E-state index in [1.807, 2.05) is 0 Å². The van der Waals surface area contributed by atoms with Crippen molar-refractivity contribution in [3.05, 3.63) is 54.4 Å². The number of aromatic hydroxyl groups is 2. The Morgan fingerprint density at radius 3 is 2.04 bits per heavy atom. The van der Waals surface area contributed by atoms with Gasteiger partial charge in [0.05, 0.1) is 21.2 Å². The predicted molar refractivity (Wildman–Crippen MR) is 102 cm³/mol. The zero-order valence-corrected chi connectivity index (χ0v) is 17.2. The van der Waals surface area contributed by atoms with Gasteiger partial charge in [-0.2, -0.15) is 0 Å². The Bertz CT molecular complexity index is 781. The average Bonchev–Trinajstić information content (AvgIpc) is 2.48. The maximum Gasteiger partial charge on any atom is 0.165 e. The summed E-state index contributed by atoms with van der Waals surface area (Å²) in [6.45, 7) is 2.73. The van der Waals surface area contributed by atoms with Crippen molar-refractivity contribution in [1.82, 2.24) is 0 Å². The van der Waals surface area contributed by atoms with Crippen molar-refractivity contribution < 1.29 is 19.8 Å². The zero-order valence-electron chi connectivity index (χ0n) is 12.5. The van der Waals surface area contributed by atoms with E-state index in [1.54, 1.807) is 12.1 Å². The van der Waals surface area contributed by atoms with Crippen molar-refractivity contribution in [1.29, 1.82) is 0 Å². The summed E-state index contributed by atoms with van der Waals surface area (Å²) in [5, 5.41) is 18.9. The summed E-state index contributed by atoms with van der Waals surface area (Å²) in [7, 11) is 0. The highest BCUT2D eigenvalue weighted by molar-refractivity contribution is 9.10. The van der Waals surface area contributed by atoms with Gasteiger partial charge in [-0.05, 0) is 54.0 Å². The van der Waals surface area contributed by atoms with Gasteiger partial charge in [-0.1, -0.05) is 39.1 Å². The smallest absolute Gasteiger partial charge is 0.165 e. The van der Waals surface area contributed by atoms with Gasteiger partial charge in [0.15, 0.2) is 11.6 Å². The first-order chi connectivity index (χ1) is 11.1. The zero-order chi connectivity index (χ0) is 18.6. The predicted octanol–water partition coefficient (Wildman–Crippen LogP) is 6.02. The first-order valence-corrected chi connectivity index (χ1v) is 8.77. The van der Waals surface area contributed by atoms with Crippen LogP contribution in [0.4, 0.5) is 0 Å². The normalized spacial score (nSPS) is 9.92. The Labute approximate surface area is 165 Å². The molecular weight excluding hydrogens is 487 g/mol. The first kappa shape index (κ1) is 21.0. The molecule has 0 atom stereocenters. The second-order valence-corrected chi connectivity index (χ2v) is 7.21. The molecule has 8 heteroatoms. The van der Waals surface area contributed by atoms with Gasteiger partial charge in [-0.3, -0.25) is 9.59 Å². The maximum atomic E-state index is 11.1. The summed E-state index contributed by atoms with van der Waals surface area (Å²) in [6.07, 6.45) is 0. The van der Waals surface area contributed by atoms with Crippen LogP contribution in [-0.2, 0) is 0 Å². The van der Waals surface area contributed by atoms with Crippen LogP contribution in [-0.4, -0.2) is 21.8 Å². The third-order valence-electron chi connectivity index (χ3n) is 2.84. The summed E-state index contributed by atoms with van der Waals surface area (Å²) in [5.41, 5.74) is 0.389. The van der Waals surface area contributed by atoms with Gasteiger partial charge in [0.2, 0.25) is 0 Å². The van der Waals surface area contributed by atoms with E-state index in [1.165, 1.54) is 26.0 Å². The summed E-state index contributed by atoms with van der Waals surface area (Å²) in [6, 6.07) is 6.20. The third-order valence-corrected chi connectivity index (χ3v) is 4.86. The van der Waals surface area contributed by atoms with Crippen molar-refractivity contribution >= 4 is 66.6 Å². The fourth-order valence-corrected chi connectivity index (χ4v) is 3.10. The lowest BCUT2D eigenvalue weighted by Gasteiger charge is -2.06. The monoisotopic (exact) mass is 496 g/mol. The molecule has 24 heavy (non-hydrogen) atoms. The Balaban J connectivity index is 0.000000243. The Morgan fingerprint density at radius 2 is 1.58 bits per heavy atom. The van der Waals surface area contributed by atoms with E-state index in [4.69, 9.17) is 28.3 Å². The van der Waals surface area contributed by atoms with Crippen molar-refractivity contribution in [2.75, 3.05) is 0 Å². The van der Waals surface area contributed by atoms with Gasteiger partial charge in [-0.15, -0.1) is 0 Å². The number of carbonyl (C=O) groups is 2. The number of Topliss-reactive ketones (excluding diaryl/α,β-unsaturated/α-hetero) is 2. The molecule has 4 nitrogen and oxygen atoms in total. The molecule has 0 amide bonds. The van der Waals surface area contributed by atoms with E-state index in [2.05, 4.69) is 31.9 Å². The van der Waals surface area contributed by atoms with Gasteiger partial charge in [0, 0.05) is 8.95 Å². The molecule has 0 saturated heterocycles. The molecule has 128 valence electrons. The van der Waals surface area contributed by atoms with Crippen LogP contribution in [0.25, 0.3) is 0 Å². The second-order valence-electron chi connectivity index (χ2n) is 4.65. The molecule has 0 aliphatic carbocycles. The Kier molecular flexibility index (Phi) is 7.73. The molecule has 0 aromatic heterocycles. The minimum absolute atomic E-state index is 0.0284. The van der Waals surface area contributed by atoms with Gasteiger partial charge in [-0.25, -0.2) is 0 Å². The van der Waals surface area contributed by atoms with Crippen molar-refractivity contribution in [2.45, 2.75) is 13.8 Å². The number of benzene rings is 2. The molecule has 2 aromatic rings. The molecule has 0 unspecified atom stereocenters. The van der Waals surface area contributed by atoms with Crippen LogP contribution in [0.3, 0.4) is 0 Å². The fraction of sp³-hybridized carbons (Fsp3) is 0.125. The average molecular weight is 499 g/mol. The van der Waals surface area contributed by atoms with Crippen LogP contribution in [0.5, 0.6) is 11.5 Å². The molecule has 2 rings (SSSR count). The number of hydrogen-bond donors (Lipinski definition) is 2. The third kappa shape index (κ3) is 5.21. The van der Waals surface area contributed by atoms with Crippen LogP contribution in [0.1, 0.15) is 34.6 Å². The van der Waals surface area contributed by atoms with E-state index >= 15 is 0 Å². The lowest BCUT2D eigenvalue weighted by atomic mass is 10.1. The summed E-state index contributed by atoms with van der Waals surface area (Å²) in [5.74, 6) is -0.711. The molecule has 0 aliphatic rings. The molecule has 0 aliphatic heterocycles. The van der Waals surface area contributed by atoms with E-state index in [9.17, 15) is 14.7 Å². The van der Waals surface area contributed by atoms with Crippen LogP contribution >= 0.6 is 55.1 Å². The van der Waals surface area contributed by atoms with Crippen LogP contribution in [0, 0.1) is 0 Å². The molecule has 0 fully saturated rings. The standard InChI is InChI=1S/C8H5BrCl2O2.C8H7BrO2/c1-3(12)6-7(11)4(9)2-5(10)8(6)13;1-5(10)7-4-6(9)2-3-8(7)11/h2,13H,1H3;2-4,11H,1H3. The fourth-order valence-electron chi connectivity index (χ4n) is 1.70. The minimum Gasteiger partial charge on any atom is -0.507 e. The van der Waals surface area contributed by atoms with E-state index in [0.29, 0.717) is 10.0 Å². The molecule has 0 heterocycles. The lowest BCUT2D eigenvalue weighted by Crippen LogP contribution is -1.95. The number of phenols is 2. The second kappa shape index (κ2) is 8.85. The molecule has 0 saturated carbocycles. The van der Waals surface area contributed by atoms with Crippen molar-refractivity contribution in [2.24, 2.45) is 0 Å². The lowest BCUT2D eigenvalue weighted by molar-refractivity contribution is 0.100. The highest BCUT2D eigenvalue weighted by Gasteiger charge is 2.17. The number of halogens is 4. The molecular formula is C16H12Br2Cl2O4. The number of hydrogen-bond acceptors (Lipinski definition) is 4. The molecule has 0 bridgehead atoms. The Hall–Kier alpha value is -1.08. The largest absolute Gasteiger partial charge is 0.507 e. The first-order valence-electron chi connectivity index (χ1n) is 6.43. The highest BCUT2D eigenvalue weighted by atomic mass is 79.9. The van der Waals surface area contributed by atoms with E-state index in [-0.39, 0.29) is 38.7 Å². The maximum absolute atomic E-state index is 11.1.